The molecule has 2 aliphatic heterocycles. The number of nitro benzene ring substituents is 1. The lowest BCUT2D eigenvalue weighted by molar-refractivity contribution is -0.387. The molecule has 0 aliphatic carbocycles. The number of nitrogens with zero attached hydrogens (tertiary/aromatic N) is 2. The van der Waals surface area contributed by atoms with E-state index in [1.54, 1.807) is 18.2 Å². The molecule has 5 rings (SSSR count). The Morgan fingerprint density at radius 3 is 2.54 bits per heavy atom. The molecule has 184 valence electrons. The molecule has 0 saturated carbocycles. The van der Waals surface area contributed by atoms with Gasteiger partial charge in [-0.25, -0.2) is 8.42 Å². The third-order valence-electron chi connectivity index (χ3n) is 6.04. The number of para-hydroxylation sites is 1. The maximum absolute atomic E-state index is 13.6. The van der Waals surface area contributed by atoms with Crippen molar-refractivity contribution in [1.29, 1.82) is 0 Å². The Morgan fingerprint density at radius 2 is 1.83 bits per heavy atom. The van der Waals surface area contributed by atoms with E-state index in [2.05, 4.69) is 4.98 Å². The molecule has 1 fully saturated rings. The fraction of sp³-hybridized carbons (Fsp3) is 0.348. The number of ether oxygens (including phenoxy) is 3. The molecule has 3 aromatic rings. The van der Waals surface area contributed by atoms with Gasteiger partial charge in [0.2, 0.25) is 10.0 Å². The third-order valence-corrected chi connectivity index (χ3v) is 7.90. The Kier molecular flexibility index (Phi) is 6.17. The zero-order valence-electron chi connectivity index (χ0n) is 18.6. The summed E-state index contributed by atoms with van der Waals surface area (Å²) in [5.74, 6) is 1.05. The number of rotatable bonds is 7. The first-order valence-electron chi connectivity index (χ1n) is 11.1. The SMILES string of the molecule is O=c1[nH]c2cc3c(cc2cc1CN(C[C@H]1CCCO1)S(=O)(=O)c1ccccc1[N+](=O)[O-])OCCO3. The maximum atomic E-state index is 13.6. The smallest absolute Gasteiger partial charge is 0.289 e. The molecule has 12 heteroatoms. The second kappa shape index (κ2) is 9.29. The minimum atomic E-state index is -4.33. The highest BCUT2D eigenvalue weighted by Crippen LogP contribution is 2.34. The zero-order valence-corrected chi connectivity index (χ0v) is 19.5. The minimum Gasteiger partial charge on any atom is -0.486 e. The van der Waals surface area contributed by atoms with Gasteiger partial charge in [0.05, 0.1) is 16.5 Å². The van der Waals surface area contributed by atoms with Crippen LogP contribution in [0.4, 0.5) is 5.69 Å². The number of H-pyrrole nitrogens is 1. The molecule has 1 atom stereocenters. The van der Waals surface area contributed by atoms with Crippen LogP contribution in [0.25, 0.3) is 10.9 Å². The lowest BCUT2D eigenvalue weighted by Gasteiger charge is -2.25. The highest BCUT2D eigenvalue weighted by atomic mass is 32.2. The highest BCUT2D eigenvalue weighted by molar-refractivity contribution is 7.89. The van der Waals surface area contributed by atoms with Crippen LogP contribution in [0.2, 0.25) is 0 Å². The second-order valence-electron chi connectivity index (χ2n) is 8.36. The van der Waals surface area contributed by atoms with Crippen LogP contribution in [0.15, 0.2) is 52.2 Å². The number of sulfonamides is 1. The number of fused-ring (bicyclic) bond motifs is 2. The lowest BCUT2D eigenvalue weighted by Crippen LogP contribution is -2.38. The summed E-state index contributed by atoms with van der Waals surface area (Å²) >= 11 is 0. The van der Waals surface area contributed by atoms with E-state index in [9.17, 15) is 23.3 Å². The van der Waals surface area contributed by atoms with E-state index in [-0.39, 0.29) is 24.8 Å². The van der Waals surface area contributed by atoms with Crippen LogP contribution in [-0.4, -0.2) is 55.1 Å². The molecular formula is C23H23N3O8S. The first-order chi connectivity index (χ1) is 16.8. The minimum absolute atomic E-state index is 0.0347. The molecule has 0 bridgehead atoms. The Bertz CT molecular complexity index is 1450. The number of aromatic nitrogens is 1. The molecule has 11 nitrogen and oxygen atoms in total. The summed E-state index contributed by atoms with van der Waals surface area (Å²) in [7, 11) is -4.33. The average Bonchev–Trinajstić information content (AvgIpc) is 3.36. The van der Waals surface area contributed by atoms with Gasteiger partial charge in [0.25, 0.3) is 11.2 Å². The summed E-state index contributed by atoms with van der Waals surface area (Å²) < 4.78 is 45.2. The number of aromatic amines is 1. The van der Waals surface area contributed by atoms with Crippen LogP contribution in [-0.2, 0) is 21.3 Å². The number of nitrogens with one attached hydrogen (secondary N) is 1. The first kappa shape index (κ1) is 23.3. The fourth-order valence-electron chi connectivity index (χ4n) is 4.32. The van der Waals surface area contributed by atoms with Gasteiger partial charge in [-0.2, -0.15) is 4.31 Å². The molecule has 2 aromatic carbocycles. The molecule has 1 saturated heterocycles. The van der Waals surface area contributed by atoms with Gasteiger partial charge in [-0.1, -0.05) is 12.1 Å². The molecule has 35 heavy (non-hydrogen) atoms. The predicted octanol–water partition coefficient (Wildman–Crippen LogP) is 2.58. The van der Waals surface area contributed by atoms with Crippen molar-refractivity contribution in [1.82, 2.24) is 9.29 Å². The Hall–Kier alpha value is -3.48. The monoisotopic (exact) mass is 501 g/mol. The zero-order chi connectivity index (χ0) is 24.6. The summed E-state index contributed by atoms with van der Waals surface area (Å²) in [4.78, 5) is 26.1. The molecule has 1 N–H and O–H groups in total. The molecular weight excluding hydrogens is 478 g/mol. The van der Waals surface area contributed by atoms with Crippen LogP contribution in [0.5, 0.6) is 11.5 Å². The third kappa shape index (κ3) is 4.59. The number of nitro groups is 1. The Labute approximate surface area is 200 Å². The van der Waals surface area contributed by atoms with Gasteiger partial charge < -0.3 is 19.2 Å². The molecule has 2 aliphatic rings. The van der Waals surface area contributed by atoms with Crippen molar-refractivity contribution in [3.8, 4) is 11.5 Å². The van der Waals surface area contributed by atoms with Crippen molar-refractivity contribution in [2.24, 2.45) is 0 Å². The molecule has 0 spiro atoms. The molecule has 0 unspecified atom stereocenters. The topological polar surface area (TPSA) is 141 Å². The van der Waals surface area contributed by atoms with E-state index in [1.807, 2.05) is 0 Å². The Morgan fingerprint density at radius 1 is 1.09 bits per heavy atom. The van der Waals surface area contributed by atoms with Crippen molar-refractivity contribution in [3.63, 3.8) is 0 Å². The van der Waals surface area contributed by atoms with Gasteiger partial charge in [-0.05, 0) is 31.0 Å². The van der Waals surface area contributed by atoms with Gasteiger partial charge in [0.1, 0.15) is 13.2 Å². The molecule has 0 radical (unpaired) electrons. The van der Waals surface area contributed by atoms with E-state index in [4.69, 9.17) is 14.2 Å². The molecule has 3 heterocycles. The van der Waals surface area contributed by atoms with Crippen molar-refractivity contribution >= 4 is 26.6 Å². The van der Waals surface area contributed by atoms with Gasteiger partial charge in [-0.15, -0.1) is 0 Å². The van der Waals surface area contributed by atoms with Crippen LogP contribution in [0.3, 0.4) is 0 Å². The quantitative estimate of drug-likeness (QED) is 0.385. The summed E-state index contributed by atoms with van der Waals surface area (Å²) in [6.07, 6.45) is 1.07. The Balaban J connectivity index is 1.56. The number of hydrogen-bond donors (Lipinski definition) is 1. The van der Waals surface area contributed by atoms with Crippen molar-refractivity contribution in [2.75, 3.05) is 26.4 Å². The lowest BCUT2D eigenvalue weighted by atomic mass is 10.1. The molecule has 1 aromatic heterocycles. The first-order valence-corrected chi connectivity index (χ1v) is 12.6. The van der Waals surface area contributed by atoms with Crippen LogP contribution < -0.4 is 15.0 Å². The van der Waals surface area contributed by atoms with E-state index < -0.39 is 31.1 Å². The standard InChI is InChI=1S/C23H23N3O8S/c27-23-16(10-15-11-20-21(12-18(15)24-23)34-9-8-33-20)13-25(14-17-4-3-7-32-17)35(30,31)22-6-2-1-5-19(22)26(28)29/h1-2,5-6,10-12,17H,3-4,7-9,13-14H2,(H,24,27)/t17-/m1/s1. The fourth-order valence-corrected chi connectivity index (χ4v) is 5.93. The largest absolute Gasteiger partial charge is 0.486 e. The summed E-state index contributed by atoms with van der Waals surface area (Å²) in [6.45, 7) is 0.995. The van der Waals surface area contributed by atoms with E-state index >= 15 is 0 Å². The van der Waals surface area contributed by atoms with Crippen LogP contribution >= 0.6 is 0 Å². The van der Waals surface area contributed by atoms with E-state index in [1.165, 1.54) is 18.2 Å². The summed E-state index contributed by atoms with van der Waals surface area (Å²) in [5, 5.41) is 12.2. The van der Waals surface area contributed by atoms with E-state index in [0.717, 1.165) is 16.8 Å². The predicted molar refractivity (Wildman–Crippen MR) is 125 cm³/mol. The van der Waals surface area contributed by atoms with Gasteiger partial charge in [-0.3, -0.25) is 14.9 Å². The average molecular weight is 502 g/mol. The summed E-state index contributed by atoms with van der Waals surface area (Å²) in [5.41, 5.74) is -0.283. The number of benzene rings is 2. The van der Waals surface area contributed by atoms with Crippen molar-refractivity contribution in [3.05, 3.63) is 68.5 Å². The van der Waals surface area contributed by atoms with Crippen molar-refractivity contribution in [2.45, 2.75) is 30.4 Å². The van der Waals surface area contributed by atoms with Crippen molar-refractivity contribution < 1.29 is 27.6 Å². The van der Waals surface area contributed by atoms with E-state index in [0.29, 0.717) is 48.6 Å². The van der Waals surface area contributed by atoms with Gasteiger partial charge >= 0.3 is 0 Å². The number of pyridine rings is 1. The second-order valence-corrected chi connectivity index (χ2v) is 10.3. The normalized spacial score (nSPS) is 17.7. The summed E-state index contributed by atoms with van der Waals surface area (Å²) in [6, 6.07) is 10.2. The maximum Gasteiger partial charge on any atom is 0.289 e. The molecule has 0 amide bonds. The van der Waals surface area contributed by atoms with Crippen LogP contribution in [0.1, 0.15) is 18.4 Å². The van der Waals surface area contributed by atoms with Gasteiger partial charge in [0.15, 0.2) is 16.4 Å². The highest BCUT2D eigenvalue weighted by Gasteiger charge is 2.34. The number of hydrogen-bond acceptors (Lipinski definition) is 8. The van der Waals surface area contributed by atoms with Gasteiger partial charge in [0, 0.05) is 42.8 Å². The van der Waals surface area contributed by atoms with Crippen LogP contribution in [0, 0.1) is 10.1 Å².